The lowest BCUT2D eigenvalue weighted by Gasteiger charge is -2.16. The first-order valence-electron chi connectivity index (χ1n) is 6.76. The largest absolute Gasteiger partial charge is 0.481 e. The highest BCUT2D eigenvalue weighted by molar-refractivity contribution is 5.74. The van der Waals surface area contributed by atoms with Crippen LogP contribution in [0, 0.1) is 5.92 Å². The molecule has 0 amide bonds. The van der Waals surface area contributed by atoms with Crippen LogP contribution in [0.15, 0.2) is 18.3 Å². The van der Waals surface area contributed by atoms with Crippen molar-refractivity contribution >= 4 is 17.1 Å². The summed E-state index contributed by atoms with van der Waals surface area (Å²) < 4.78 is 2.06. The average molecular weight is 259 g/mol. The Morgan fingerprint density at radius 2 is 2.37 bits per heavy atom. The number of carboxylic acid groups (broad SMARTS) is 1. The van der Waals surface area contributed by atoms with Crippen molar-refractivity contribution in [1.82, 2.24) is 14.5 Å². The molecule has 1 N–H and O–H groups in total. The number of carboxylic acids is 1. The summed E-state index contributed by atoms with van der Waals surface area (Å²) in [5.74, 6) is -0.0972. The van der Waals surface area contributed by atoms with Crippen LogP contribution >= 0.6 is 0 Å². The molecule has 0 saturated heterocycles. The zero-order chi connectivity index (χ0) is 13.4. The molecule has 2 unspecified atom stereocenters. The molecule has 3 rings (SSSR count). The number of aryl methyl sites for hydroxylation is 1. The minimum absolute atomic E-state index is 0.0200. The molecule has 1 aliphatic carbocycles. The normalized spacial score (nSPS) is 23.0. The number of rotatable bonds is 3. The Bertz CT molecular complexity index is 620. The van der Waals surface area contributed by atoms with E-state index >= 15 is 0 Å². The van der Waals surface area contributed by atoms with Gasteiger partial charge in [0.2, 0.25) is 0 Å². The SMILES string of the molecule is CCn1c(C2CCCC2C(=O)O)nc2cccnc21. The van der Waals surface area contributed by atoms with Crippen LogP contribution in [-0.2, 0) is 11.3 Å². The van der Waals surface area contributed by atoms with Crippen molar-refractivity contribution in [1.29, 1.82) is 0 Å². The maximum atomic E-state index is 11.3. The molecule has 19 heavy (non-hydrogen) atoms. The molecule has 1 saturated carbocycles. The predicted molar refractivity (Wildman–Crippen MR) is 70.9 cm³/mol. The highest BCUT2D eigenvalue weighted by atomic mass is 16.4. The van der Waals surface area contributed by atoms with Crippen molar-refractivity contribution in [3.63, 3.8) is 0 Å². The van der Waals surface area contributed by atoms with Gasteiger partial charge in [0, 0.05) is 18.7 Å². The van der Waals surface area contributed by atoms with E-state index in [0.29, 0.717) is 0 Å². The molecule has 0 spiro atoms. The van der Waals surface area contributed by atoms with E-state index in [9.17, 15) is 9.90 Å². The number of nitrogens with zero attached hydrogens (tertiary/aromatic N) is 3. The third-order valence-corrected chi connectivity index (χ3v) is 4.01. The van der Waals surface area contributed by atoms with Crippen LogP contribution in [0.1, 0.15) is 37.9 Å². The molecular weight excluding hydrogens is 242 g/mol. The number of carbonyl (C=O) groups is 1. The van der Waals surface area contributed by atoms with Gasteiger partial charge in [-0.15, -0.1) is 0 Å². The minimum atomic E-state index is -0.704. The molecule has 2 aromatic rings. The van der Waals surface area contributed by atoms with Gasteiger partial charge in [0.25, 0.3) is 0 Å². The maximum absolute atomic E-state index is 11.3. The van der Waals surface area contributed by atoms with Crippen LogP contribution in [-0.4, -0.2) is 25.6 Å². The Morgan fingerprint density at radius 3 is 3.11 bits per heavy atom. The van der Waals surface area contributed by atoms with Crippen LogP contribution in [0.25, 0.3) is 11.2 Å². The second kappa shape index (κ2) is 4.64. The maximum Gasteiger partial charge on any atom is 0.307 e. The fourth-order valence-corrected chi connectivity index (χ4v) is 3.14. The second-order valence-electron chi connectivity index (χ2n) is 5.04. The van der Waals surface area contributed by atoms with Gasteiger partial charge in [-0.2, -0.15) is 0 Å². The van der Waals surface area contributed by atoms with E-state index in [2.05, 4.69) is 14.5 Å². The number of fused-ring (bicyclic) bond motifs is 1. The van der Waals surface area contributed by atoms with Crippen LogP contribution in [0.5, 0.6) is 0 Å². The lowest BCUT2D eigenvalue weighted by Crippen LogP contribution is -2.20. The molecule has 2 atom stereocenters. The second-order valence-corrected chi connectivity index (χ2v) is 5.04. The van der Waals surface area contributed by atoms with Crippen molar-refractivity contribution in [3.05, 3.63) is 24.2 Å². The first kappa shape index (κ1) is 12.1. The highest BCUT2D eigenvalue weighted by Crippen LogP contribution is 2.40. The molecule has 1 aliphatic rings. The first-order valence-corrected chi connectivity index (χ1v) is 6.76. The minimum Gasteiger partial charge on any atom is -0.481 e. The van der Waals surface area contributed by atoms with Crippen molar-refractivity contribution < 1.29 is 9.90 Å². The zero-order valence-electron chi connectivity index (χ0n) is 10.9. The van der Waals surface area contributed by atoms with E-state index < -0.39 is 5.97 Å². The first-order chi connectivity index (χ1) is 9.22. The summed E-state index contributed by atoms with van der Waals surface area (Å²) in [7, 11) is 0. The summed E-state index contributed by atoms with van der Waals surface area (Å²) >= 11 is 0. The smallest absolute Gasteiger partial charge is 0.307 e. The Kier molecular flexibility index (Phi) is 2.97. The summed E-state index contributed by atoms with van der Waals surface area (Å²) in [6.07, 6.45) is 4.37. The van der Waals surface area contributed by atoms with E-state index in [1.807, 2.05) is 19.1 Å². The van der Waals surface area contributed by atoms with E-state index in [1.165, 1.54) is 0 Å². The number of aliphatic carboxylic acids is 1. The van der Waals surface area contributed by atoms with Crippen LogP contribution in [0.4, 0.5) is 0 Å². The van der Waals surface area contributed by atoms with Gasteiger partial charge in [-0.1, -0.05) is 6.42 Å². The number of pyridine rings is 1. The third-order valence-electron chi connectivity index (χ3n) is 4.01. The van der Waals surface area contributed by atoms with Gasteiger partial charge in [-0.25, -0.2) is 9.97 Å². The molecule has 0 bridgehead atoms. The summed E-state index contributed by atoms with van der Waals surface area (Å²) in [4.78, 5) is 20.3. The van der Waals surface area contributed by atoms with Gasteiger partial charge in [0.15, 0.2) is 5.65 Å². The van der Waals surface area contributed by atoms with Gasteiger partial charge in [-0.3, -0.25) is 4.79 Å². The van der Waals surface area contributed by atoms with Gasteiger partial charge in [0.1, 0.15) is 11.3 Å². The number of aromatic nitrogens is 3. The molecule has 5 heteroatoms. The summed E-state index contributed by atoms with van der Waals surface area (Å²) in [6.45, 7) is 2.82. The molecule has 1 fully saturated rings. The molecular formula is C14H17N3O2. The third kappa shape index (κ3) is 1.89. The summed E-state index contributed by atoms with van der Waals surface area (Å²) in [5, 5.41) is 9.33. The molecule has 2 aromatic heterocycles. The van der Waals surface area contributed by atoms with Crippen molar-refractivity contribution in [3.8, 4) is 0 Å². The molecule has 0 aliphatic heterocycles. The predicted octanol–water partition coefficient (Wildman–Crippen LogP) is 2.42. The average Bonchev–Trinajstić information content (AvgIpc) is 3.02. The van der Waals surface area contributed by atoms with Crippen LogP contribution in [0.2, 0.25) is 0 Å². The lowest BCUT2D eigenvalue weighted by molar-refractivity contribution is -0.142. The molecule has 5 nitrogen and oxygen atoms in total. The van der Waals surface area contributed by atoms with Crippen LogP contribution in [0.3, 0.4) is 0 Å². The lowest BCUT2D eigenvalue weighted by atomic mass is 9.95. The fraction of sp³-hybridized carbons (Fsp3) is 0.500. The molecule has 100 valence electrons. The van der Waals surface area contributed by atoms with E-state index in [0.717, 1.165) is 42.8 Å². The Morgan fingerprint density at radius 1 is 1.53 bits per heavy atom. The Balaban J connectivity index is 2.11. The Hall–Kier alpha value is -1.91. The zero-order valence-corrected chi connectivity index (χ0v) is 10.9. The standard InChI is InChI=1S/C14H17N3O2/c1-2-17-12(9-5-3-6-10(9)14(18)19)16-11-7-4-8-15-13(11)17/h4,7-10H,2-3,5-6H2,1H3,(H,18,19). The Labute approximate surface area is 111 Å². The van der Waals surface area contributed by atoms with Gasteiger partial charge >= 0.3 is 5.97 Å². The highest BCUT2D eigenvalue weighted by Gasteiger charge is 2.37. The number of hydrogen-bond acceptors (Lipinski definition) is 3. The van der Waals surface area contributed by atoms with E-state index in [-0.39, 0.29) is 11.8 Å². The van der Waals surface area contributed by atoms with Gasteiger partial charge < -0.3 is 9.67 Å². The van der Waals surface area contributed by atoms with Crippen LogP contribution < -0.4 is 0 Å². The van der Waals surface area contributed by atoms with Gasteiger partial charge in [0.05, 0.1) is 5.92 Å². The van der Waals surface area contributed by atoms with E-state index in [1.54, 1.807) is 6.20 Å². The quantitative estimate of drug-likeness (QED) is 0.919. The number of imidazole rings is 1. The van der Waals surface area contributed by atoms with Crippen molar-refractivity contribution in [2.75, 3.05) is 0 Å². The monoisotopic (exact) mass is 259 g/mol. The number of hydrogen-bond donors (Lipinski definition) is 1. The van der Waals surface area contributed by atoms with Crippen molar-refractivity contribution in [2.24, 2.45) is 5.92 Å². The van der Waals surface area contributed by atoms with Crippen molar-refractivity contribution in [2.45, 2.75) is 38.6 Å². The summed E-state index contributed by atoms with van der Waals surface area (Å²) in [6, 6.07) is 3.80. The summed E-state index contributed by atoms with van der Waals surface area (Å²) in [5.41, 5.74) is 1.71. The van der Waals surface area contributed by atoms with Gasteiger partial charge in [-0.05, 0) is 31.9 Å². The fourth-order valence-electron chi connectivity index (χ4n) is 3.14. The molecule has 2 heterocycles. The van der Waals surface area contributed by atoms with E-state index in [4.69, 9.17) is 0 Å². The molecule has 0 radical (unpaired) electrons. The topological polar surface area (TPSA) is 68.0 Å². The molecule has 0 aromatic carbocycles.